The average Bonchev–Trinajstić information content (AvgIpc) is 2.16. The van der Waals surface area contributed by atoms with Crippen LogP contribution in [0.2, 0.25) is 0 Å². The summed E-state index contributed by atoms with van der Waals surface area (Å²) in [4.78, 5) is 13.2. The molecule has 0 aromatic heterocycles. The van der Waals surface area contributed by atoms with Gasteiger partial charge in [0.25, 0.3) is 0 Å². The van der Waals surface area contributed by atoms with E-state index in [-0.39, 0.29) is 12.7 Å². The van der Waals surface area contributed by atoms with E-state index in [9.17, 15) is 9.90 Å². The highest BCUT2D eigenvalue weighted by Gasteiger charge is 2.34. The van der Waals surface area contributed by atoms with Gasteiger partial charge in [0.2, 0.25) is 0 Å². The maximum Gasteiger partial charge on any atom is 0.410 e. The van der Waals surface area contributed by atoms with Crippen LogP contribution < -0.4 is 0 Å². The summed E-state index contributed by atoms with van der Waals surface area (Å²) in [7, 11) is 0. The third kappa shape index (κ3) is 3.64. The van der Waals surface area contributed by atoms with Crippen molar-refractivity contribution in [3.63, 3.8) is 0 Å². The zero-order valence-corrected chi connectivity index (χ0v) is 10.2. The van der Waals surface area contributed by atoms with Gasteiger partial charge in [0, 0.05) is 13.1 Å². The molecule has 1 aliphatic heterocycles. The van der Waals surface area contributed by atoms with Gasteiger partial charge in [-0.3, -0.25) is 0 Å². The lowest BCUT2D eigenvalue weighted by Gasteiger charge is -2.37. The number of carbonyl (C=O) groups excluding carboxylic acids is 1. The minimum absolute atomic E-state index is 0.255. The molecule has 0 aromatic rings. The van der Waals surface area contributed by atoms with Crippen LogP contribution in [0.15, 0.2) is 0 Å². The van der Waals surface area contributed by atoms with Crippen molar-refractivity contribution in [2.75, 3.05) is 19.7 Å². The summed E-state index contributed by atoms with van der Waals surface area (Å²) >= 11 is 0. The summed E-state index contributed by atoms with van der Waals surface area (Å²) in [6.07, 6.45) is 0.429. The number of hydrogen-bond donors (Lipinski definition) is 2. The van der Waals surface area contributed by atoms with Gasteiger partial charge in [-0.25, -0.2) is 4.79 Å². The van der Waals surface area contributed by atoms with E-state index in [2.05, 4.69) is 0 Å². The number of ether oxygens (including phenoxy) is 1. The van der Waals surface area contributed by atoms with Crippen molar-refractivity contribution < 1.29 is 19.7 Å². The summed E-state index contributed by atoms with van der Waals surface area (Å²) in [6.45, 7) is 6.05. The van der Waals surface area contributed by atoms with Gasteiger partial charge in [-0.1, -0.05) is 0 Å². The predicted octanol–water partition coefficient (Wildman–Crippen LogP) is 0.741. The lowest BCUT2D eigenvalue weighted by atomic mass is 9.93. The quantitative estimate of drug-likeness (QED) is 0.698. The first-order chi connectivity index (χ1) is 7.26. The second-order valence-corrected chi connectivity index (χ2v) is 5.35. The van der Waals surface area contributed by atoms with Crippen LogP contribution in [0.1, 0.15) is 33.6 Å². The summed E-state index contributed by atoms with van der Waals surface area (Å²) in [5.41, 5.74) is -1.53. The highest BCUT2D eigenvalue weighted by Crippen LogP contribution is 2.22. The largest absolute Gasteiger partial charge is 0.444 e. The normalized spacial score (nSPS) is 20.7. The number of aliphatic hydroxyl groups is 2. The Hall–Kier alpha value is -0.810. The molecule has 0 bridgehead atoms. The van der Waals surface area contributed by atoms with E-state index in [4.69, 9.17) is 9.84 Å². The smallest absolute Gasteiger partial charge is 0.410 e. The molecule has 16 heavy (non-hydrogen) atoms. The molecular formula is C11H21NO4. The highest BCUT2D eigenvalue weighted by atomic mass is 16.6. The molecule has 5 heteroatoms. The topological polar surface area (TPSA) is 70.0 Å². The molecule has 1 fully saturated rings. The minimum Gasteiger partial charge on any atom is -0.444 e. The number of likely N-dealkylation sites (tertiary alicyclic amines) is 1. The van der Waals surface area contributed by atoms with Crippen molar-refractivity contribution >= 4 is 6.09 Å². The number of nitrogens with zero attached hydrogens (tertiary/aromatic N) is 1. The van der Waals surface area contributed by atoms with Crippen molar-refractivity contribution in [2.24, 2.45) is 0 Å². The Morgan fingerprint density at radius 2 is 1.88 bits per heavy atom. The molecule has 1 saturated heterocycles. The van der Waals surface area contributed by atoms with E-state index in [1.807, 2.05) is 20.8 Å². The van der Waals surface area contributed by atoms with Crippen molar-refractivity contribution in [3.05, 3.63) is 0 Å². The Kier molecular flexibility index (Phi) is 3.80. The summed E-state index contributed by atoms with van der Waals surface area (Å²) in [5, 5.41) is 18.8. The van der Waals surface area contributed by atoms with Crippen LogP contribution in [0.25, 0.3) is 0 Å². The SMILES string of the molecule is CC(C)(C)OC(=O)N1CCC(O)(CO)CC1. The second kappa shape index (κ2) is 4.59. The Balaban J connectivity index is 2.45. The zero-order chi connectivity index (χ0) is 12.4. The van der Waals surface area contributed by atoms with Crippen molar-refractivity contribution in [1.82, 2.24) is 4.90 Å². The standard InChI is InChI=1S/C11H21NO4/c1-10(2,3)16-9(14)12-6-4-11(15,8-13)5-7-12/h13,15H,4-8H2,1-3H3. The van der Waals surface area contributed by atoms with Crippen LogP contribution >= 0.6 is 0 Å². The second-order valence-electron chi connectivity index (χ2n) is 5.35. The van der Waals surface area contributed by atoms with Crippen LogP contribution in [0.4, 0.5) is 4.79 Å². The first-order valence-electron chi connectivity index (χ1n) is 5.57. The van der Waals surface area contributed by atoms with Gasteiger partial charge in [-0.15, -0.1) is 0 Å². The van der Waals surface area contributed by atoms with Gasteiger partial charge in [0.15, 0.2) is 0 Å². The number of piperidine rings is 1. The zero-order valence-electron chi connectivity index (χ0n) is 10.2. The maximum absolute atomic E-state index is 11.7. The summed E-state index contributed by atoms with van der Waals surface area (Å²) < 4.78 is 5.22. The molecule has 1 amide bonds. The lowest BCUT2D eigenvalue weighted by molar-refractivity contribution is -0.0622. The van der Waals surface area contributed by atoms with Gasteiger partial charge < -0.3 is 19.8 Å². The van der Waals surface area contributed by atoms with E-state index in [0.29, 0.717) is 25.9 Å². The molecule has 1 aliphatic rings. The Morgan fingerprint density at radius 1 is 1.38 bits per heavy atom. The van der Waals surface area contributed by atoms with E-state index < -0.39 is 11.2 Å². The van der Waals surface area contributed by atoms with E-state index in [1.54, 1.807) is 4.90 Å². The van der Waals surface area contributed by atoms with Gasteiger partial charge >= 0.3 is 6.09 Å². The summed E-state index contributed by atoms with van der Waals surface area (Å²) in [5.74, 6) is 0. The van der Waals surface area contributed by atoms with Crippen LogP contribution in [0.3, 0.4) is 0 Å². The Bertz CT molecular complexity index is 251. The Morgan fingerprint density at radius 3 is 2.25 bits per heavy atom. The van der Waals surface area contributed by atoms with Crippen molar-refractivity contribution in [3.8, 4) is 0 Å². The van der Waals surface area contributed by atoms with Crippen LogP contribution in [0.5, 0.6) is 0 Å². The predicted molar refractivity (Wildman–Crippen MR) is 59.1 cm³/mol. The van der Waals surface area contributed by atoms with E-state index in [0.717, 1.165) is 0 Å². The lowest BCUT2D eigenvalue weighted by Crippen LogP contribution is -2.49. The van der Waals surface area contributed by atoms with Crippen LogP contribution in [-0.2, 0) is 4.74 Å². The molecule has 0 atom stereocenters. The van der Waals surface area contributed by atoms with Crippen molar-refractivity contribution in [1.29, 1.82) is 0 Å². The number of carbonyl (C=O) groups is 1. The van der Waals surface area contributed by atoms with Crippen LogP contribution in [-0.4, -0.2) is 52.1 Å². The molecule has 94 valence electrons. The molecule has 0 spiro atoms. The highest BCUT2D eigenvalue weighted by molar-refractivity contribution is 5.68. The molecule has 5 nitrogen and oxygen atoms in total. The molecule has 0 aromatic carbocycles. The molecule has 0 aliphatic carbocycles. The number of hydrogen-bond acceptors (Lipinski definition) is 4. The van der Waals surface area contributed by atoms with Crippen LogP contribution in [0, 0.1) is 0 Å². The van der Waals surface area contributed by atoms with Gasteiger partial charge in [0.05, 0.1) is 12.2 Å². The average molecular weight is 231 g/mol. The van der Waals surface area contributed by atoms with Gasteiger partial charge in [-0.2, -0.15) is 0 Å². The first kappa shape index (κ1) is 13.3. The van der Waals surface area contributed by atoms with Gasteiger partial charge in [0.1, 0.15) is 5.60 Å². The molecule has 0 unspecified atom stereocenters. The molecule has 0 radical (unpaired) electrons. The first-order valence-corrected chi connectivity index (χ1v) is 5.57. The Labute approximate surface area is 96.0 Å². The van der Waals surface area contributed by atoms with Crippen molar-refractivity contribution in [2.45, 2.75) is 44.8 Å². The van der Waals surface area contributed by atoms with E-state index in [1.165, 1.54) is 0 Å². The number of rotatable bonds is 1. The molecular weight excluding hydrogens is 210 g/mol. The maximum atomic E-state index is 11.7. The third-order valence-electron chi connectivity index (χ3n) is 2.64. The molecule has 2 N–H and O–H groups in total. The fourth-order valence-corrected chi connectivity index (χ4v) is 1.59. The fourth-order valence-electron chi connectivity index (χ4n) is 1.59. The van der Waals surface area contributed by atoms with Gasteiger partial charge in [-0.05, 0) is 33.6 Å². The molecule has 1 rings (SSSR count). The number of aliphatic hydroxyl groups excluding tert-OH is 1. The monoisotopic (exact) mass is 231 g/mol. The molecule has 1 heterocycles. The summed E-state index contributed by atoms with van der Waals surface area (Å²) in [6, 6.07) is 0. The minimum atomic E-state index is -1.03. The number of amides is 1. The van der Waals surface area contributed by atoms with E-state index >= 15 is 0 Å². The third-order valence-corrected chi connectivity index (χ3v) is 2.64. The molecule has 0 saturated carbocycles. The fraction of sp³-hybridized carbons (Fsp3) is 0.909.